The summed E-state index contributed by atoms with van der Waals surface area (Å²) in [6.45, 7) is 6.68. The van der Waals surface area contributed by atoms with Gasteiger partial charge in [0.2, 0.25) is 15.9 Å². The molecule has 39 heavy (non-hydrogen) atoms. The molecular formula is C31H34N2O5S. The molecule has 6 rings (SSSR count). The molecule has 7 nitrogen and oxygen atoms in total. The zero-order chi connectivity index (χ0) is 27.4. The van der Waals surface area contributed by atoms with Crippen molar-refractivity contribution in [2.45, 2.75) is 52.5 Å². The maximum Gasteiger partial charge on any atom is 0.260 e. The van der Waals surface area contributed by atoms with Crippen LogP contribution in [0.5, 0.6) is 5.75 Å². The van der Waals surface area contributed by atoms with E-state index >= 15 is 0 Å². The average Bonchev–Trinajstić information content (AvgIpc) is 3.54. The van der Waals surface area contributed by atoms with E-state index in [1.54, 1.807) is 6.08 Å². The first-order valence-electron chi connectivity index (χ1n) is 13.6. The lowest BCUT2D eigenvalue weighted by atomic mass is 9.69. The fourth-order valence-electron chi connectivity index (χ4n) is 7.16. The van der Waals surface area contributed by atoms with Gasteiger partial charge in [-0.05, 0) is 73.4 Å². The second-order valence-corrected chi connectivity index (χ2v) is 13.5. The predicted molar refractivity (Wildman–Crippen MR) is 149 cm³/mol. The minimum absolute atomic E-state index is 0.0667. The number of hydrogen-bond donors (Lipinski definition) is 0. The summed E-state index contributed by atoms with van der Waals surface area (Å²) in [7, 11) is -3.64. The minimum Gasteiger partial charge on any atom is -0.493 e. The van der Waals surface area contributed by atoms with Gasteiger partial charge in [-0.1, -0.05) is 44.2 Å². The van der Waals surface area contributed by atoms with Crippen molar-refractivity contribution in [2.24, 2.45) is 16.7 Å². The molecule has 2 unspecified atom stereocenters. The molecule has 1 aromatic heterocycles. The van der Waals surface area contributed by atoms with Gasteiger partial charge in [0.1, 0.15) is 11.5 Å². The van der Waals surface area contributed by atoms with E-state index in [2.05, 4.69) is 18.8 Å². The number of fused-ring (bicyclic) bond motifs is 1. The van der Waals surface area contributed by atoms with E-state index in [0.29, 0.717) is 30.6 Å². The Hall–Kier alpha value is -3.39. The lowest BCUT2D eigenvalue weighted by Crippen LogP contribution is -2.43. The maximum atomic E-state index is 13.2. The Labute approximate surface area is 229 Å². The molecule has 204 valence electrons. The third-order valence-corrected chi connectivity index (χ3v) is 11.3. The van der Waals surface area contributed by atoms with Gasteiger partial charge in [-0.3, -0.25) is 4.79 Å². The monoisotopic (exact) mass is 546 g/mol. The van der Waals surface area contributed by atoms with E-state index in [-0.39, 0.29) is 22.6 Å². The number of amides is 1. The quantitative estimate of drug-likeness (QED) is 0.356. The van der Waals surface area contributed by atoms with Crippen molar-refractivity contribution in [3.8, 4) is 17.2 Å². The number of nitrogens with zero attached hydrogens (tertiary/aromatic N) is 2. The van der Waals surface area contributed by atoms with Crippen LogP contribution in [0.1, 0.15) is 50.1 Å². The fourth-order valence-corrected chi connectivity index (χ4v) is 9.67. The topological polar surface area (TPSA) is 89.7 Å². The maximum absolute atomic E-state index is 13.2. The second kappa shape index (κ2) is 9.37. The normalized spacial score (nSPS) is 26.3. The minimum atomic E-state index is -3.64. The summed E-state index contributed by atoms with van der Waals surface area (Å²) in [5, 5.41) is 0. The third kappa shape index (κ3) is 4.29. The summed E-state index contributed by atoms with van der Waals surface area (Å²) in [5.74, 6) is 2.12. The Morgan fingerprint density at radius 2 is 1.97 bits per heavy atom. The molecule has 2 heterocycles. The highest BCUT2D eigenvalue weighted by molar-refractivity contribution is 7.90. The molecule has 1 aliphatic heterocycles. The van der Waals surface area contributed by atoms with Crippen molar-refractivity contribution >= 4 is 22.0 Å². The average molecular weight is 547 g/mol. The number of carbonyl (C=O) groups is 1. The zero-order valence-electron chi connectivity index (χ0n) is 22.6. The Kier molecular flexibility index (Phi) is 6.21. The van der Waals surface area contributed by atoms with Crippen LogP contribution in [-0.2, 0) is 21.2 Å². The first-order valence-corrected chi connectivity index (χ1v) is 15.2. The van der Waals surface area contributed by atoms with Crippen molar-refractivity contribution < 1.29 is 22.4 Å². The van der Waals surface area contributed by atoms with E-state index in [1.807, 2.05) is 61.5 Å². The molecule has 3 atom stereocenters. The van der Waals surface area contributed by atoms with E-state index in [1.165, 1.54) is 10.4 Å². The molecule has 1 saturated heterocycles. The highest BCUT2D eigenvalue weighted by atomic mass is 32.2. The number of aromatic nitrogens is 1. The van der Waals surface area contributed by atoms with Gasteiger partial charge in [-0.15, -0.1) is 0 Å². The number of hydrogen-bond acceptors (Lipinski definition) is 6. The number of sulfonamides is 1. The number of oxazole rings is 1. The largest absolute Gasteiger partial charge is 0.493 e. The van der Waals surface area contributed by atoms with Crippen LogP contribution in [-0.4, -0.2) is 42.0 Å². The highest BCUT2D eigenvalue weighted by Gasteiger charge is 2.72. The predicted octanol–water partition coefficient (Wildman–Crippen LogP) is 5.65. The van der Waals surface area contributed by atoms with Crippen LogP contribution in [0.3, 0.4) is 0 Å². The molecule has 3 fully saturated rings. The standard InChI is InChI=1S/C31H34N2O5S/c1-21-26(32-29(38-21)23-9-5-4-6-10-23)15-17-37-25-11-7-8-22(18-25)12-13-28(34)33-27-19-24-14-16-31(27,30(24,2)3)20-39(33,35)36/h4-13,18,24,27H,14-17,19-20H2,1-3H3/t24?,27?,31-/m1/s1. The van der Waals surface area contributed by atoms with Crippen LogP contribution >= 0.6 is 0 Å². The zero-order valence-corrected chi connectivity index (χ0v) is 23.4. The molecule has 2 aliphatic carbocycles. The van der Waals surface area contributed by atoms with E-state index < -0.39 is 15.9 Å². The lowest BCUT2D eigenvalue weighted by Gasteiger charge is -2.36. The molecule has 3 aliphatic rings. The molecule has 0 N–H and O–H groups in total. The van der Waals surface area contributed by atoms with Gasteiger partial charge in [-0.25, -0.2) is 17.7 Å². The van der Waals surface area contributed by atoms with E-state index in [4.69, 9.17) is 9.15 Å². The van der Waals surface area contributed by atoms with Crippen molar-refractivity contribution in [1.29, 1.82) is 0 Å². The van der Waals surface area contributed by atoms with Crippen LogP contribution in [0.2, 0.25) is 0 Å². The lowest BCUT2D eigenvalue weighted by molar-refractivity contribution is -0.123. The summed E-state index contributed by atoms with van der Waals surface area (Å²) in [4.78, 5) is 17.8. The molecular weight excluding hydrogens is 512 g/mol. The van der Waals surface area contributed by atoms with Gasteiger partial charge >= 0.3 is 0 Å². The SMILES string of the molecule is Cc1oc(-c2ccccc2)nc1CCOc1cccc(C=CC(=O)N2C3CC4CC[C@]3(CS2(=O)=O)C4(C)C)c1. The molecule has 1 spiro atoms. The molecule has 8 heteroatoms. The summed E-state index contributed by atoms with van der Waals surface area (Å²) in [6.07, 6.45) is 6.35. The van der Waals surface area contributed by atoms with Crippen LogP contribution < -0.4 is 4.74 Å². The van der Waals surface area contributed by atoms with E-state index in [9.17, 15) is 13.2 Å². The Bertz CT molecular complexity index is 1540. The summed E-state index contributed by atoms with van der Waals surface area (Å²) in [6, 6.07) is 17.0. The van der Waals surface area contributed by atoms with Crippen LogP contribution in [0.25, 0.3) is 17.5 Å². The van der Waals surface area contributed by atoms with Gasteiger partial charge in [0.25, 0.3) is 5.91 Å². The van der Waals surface area contributed by atoms with E-state index in [0.717, 1.165) is 41.8 Å². The van der Waals surface area contributed by atoms with Gasteiger partial charge in [0.15, 0.2) is 0 Å². The van der Waals surface area contributed by atoms with Crippen LogP contribution in [0, 0.1) is 23.7 Å². The Balaban J connectivity index is 1.10. The highest BCUT2D eigenvalue weighted by Crippen LogP contribution is 2.70. The fraction of sp³-hybridized carbons (Fsp3) is 0.419. The number of benzene rings is 2. The Morgan fingerprint density at radius 1 is 1.18 bits per heavy atom. The van der Waals surface area contributed by atoms with Crippen molar-refractivity contribution in [3.63, 3.8) is 0 Å². The number of aryl methyl sites for hydroxylation is 1. The van der Waals surface area contributed by atoms with Crippen LogP contribution in [0.15, 0.2) is 65.1 Å². The van der Waals surface area contributed by atoms with Gasteiger partial charge in [0, 0.05) is 23.5 Å². The third-order valence-electron chi connectivity index (χ3n) is 9.43. The molecule has 2 bridgehead atoms. The molecule has 2 saturated carbocycles. The first-order chi connectivity index (χ1) is 18.6. The smallest absolute Gasteiger partial charge is 0.260 e. The molecule has 3 aromatic rings. The van der Waals surface area contributed by atoms with Crippen molar-refractivity contribution in [3.05, 3.63) is 77.7 Å². The summed E-state index contributed by atoms with van der Waals surface area (Å²) < 4.78 is 39.3. The molecule has 0 radical (unpaired) electrons. The summed E-state index contributed by atoms with van der Waals surface area (Å²) >= 11 is 0. The van der Waals surface area contributed by atoms with Crippen LogP contribution in [0.4, 0.5) is 0 Å². The first kappa shape index (κ1) is 25.9. The summed E-state index contributed by atoms with van der Waals surface area (Å²) in [5.41, 5.74) is 2.16. The number of ether oxygens (including phenoxy) is 1. The van der Waals surface area contributed by atoms with Gasteiger partial charge in [0.05, 0.1) is 24.1 Å². The Morgan fingerprint density at radius 3 is 2.74 bits per heavy atom. The van der Waals surface area contributed by atoms with Crippen molar-refractivity contribution in [2.75, 3.05) is 12.4 Å². The van der Waals surface area contributed by atoms with Gasteiger partial charge < -0.3 is 9.15 Å². The second-order valence-electron chi connectivity index (χ2n) is 11.6. The molecule has 1 amide bonds. The number of carbonyl (C=O) groups excluding carboxylic acids is 1. The van der Waals surface area contributed by atoms with Crippen molar-refractivity contribution in [1.82, 2.24) is 9.29 Å². The number of rotatable bonds is 7. The van der Waals surface area contributed by atoms with Gasteiger partial charge in [-0.2, -0.15) is 0 Å². The molecule has 2 aromatic carbocycles.